The van der Waals surface area contributed by atoms with Gasteiger partial charge in [-0.15, -0.1) is 0 Å². The predicted molar refractivity (Wildman–Crippen MR) is 73.0 cm³/mol. The zero-order valence-corrected chi connectivity index (χ0v) is 11.5. The van der Waals surface area contributed by atoms with Crippen LogP contribution in [0, 0.1) is 5.92 Å². The summed E-state index contributed by atoms with van der Waals surface area (Å²) in [5.74, 6) is 1.32. The van der Waals surface area contributed by atoms with Gasteiger partial charge in [0.25, 0.3) is 0 Å². The lowest BCUT2D eigenvalue weighted by molar-refractivity contribution is 0.0900. The lowest BCUT2D eigenvalue weighted by Gasteiger charge is -2.18. The molecule has 5 heteroatoms. The predicted octanol–water partition coefficient (Wildman–Crippen LogP) is 2.65. The topological polar surface area (TPSA) is 60.2 Å². The van der Waals surface area contributed by atoms with E-state index in [1.165, 1.54) is 0 Å². The molecule has 0 bridgehead atoms. The van der Waals surface area contributed by atoms with Crippen LogP contribution in [0.1, 0.15) is 19.8 Å². The quantitative estimate of drug-likeness (QED) is 0.897. The Hall–Kier alpha value is -0.810. The minimum absolute atomic E-state index is 0.374. The van der Waals surface area contributed by atoms with Gasteiger partial charge in [0, 0.05) is 29.7 Å². The molecule has 94 valence electrons. The van der Waals surface area contributed by atoms with Crippen molar-refractivity contribution in [3.05, 3.63) is 16.7 Å². The molecule has 1 saturated heterocycles. The smallest absolute Gasteiger partial charge is 0.149 e. The van der Waals surface area contributed by atoms with E-state index in [0.717, 1.165) is 36.3 Å². The van der Waals surface area contributed by atoms with E-state index in [1.54, 1.807) is 6.20 Å². The molecular formula is C12H18BrN3O. The van der Waals surface area contributed by atoms with Gasteiger partial charge >= 0.3 is 0 Å². The number of rotatable bonds is 4. The number of halogens is 1. The summed E-state index contributed by atoms with van der Waals surface area (Å²) in [5, 5.41) is 3.31. The number of aromatic nitrogens is 1. The molecule has 2 heterocycles. The molecule has 1 fully saturated rings. The van der Waals surface area contributed by atoms with Crippen LogP contribution in [0.2, 0.25) is 0 Å². The van der Waals surface area contributed by atoms with Crippen LogP contribution in [0.15, 0.2) is 16.7 Å². The molecule has 17 heavy (non-hydrogen) atoms. The third-order valence-corrected chi connectivity index (χ3v) is 3.60. The highest BCUT2D eigenvalue weighted by Gasteiger charge is 2.26. The maximum absolute atomic E-state index is 5.89. The Morgan fingerprint density at radius 3 is 3.18 bits per heavy atom. The summed E-state index contributed by atoms with van der Waals surface area (Å²) in [7, 11) is 0. The Morgan fingerprint density at radius 2 is 2.47 bits per heavy atom. The highest BCUT2D eigenvalue weighted by molar-refractivity contribution is 9.10. The number of nitrogens with zero attached hydrogens (tertiary/aromatic N) is 1. The van der Waals surface area contributed by atoms with Gasteiger partial charge < -0.3 is 15.8 Å². The van der Waals surface area contributed by atoms with Crippen LogP contribution in [0.25, 0.3) is 0 Å². The maximum atomic E-state index is 5.89. The van der Waals surface area contributed by atoms with Gasteiger partial charge in [0.05, 0.1) is 11.8 Å². The van der Waals surface area contributed by atoms with E-state index in [-0.39, 0.29) is 0 Å². The van der Waals surface area contributed by atoms with Gasteiger partial charge in [0.2, 0.25) is 0 Å². The fourth-order valence-electron chi connectivity index (χ4n) is 2.21. The van der Waals surface area contributed by atoms with Crippen LogP contribution in [0.5, 0.6) is 0 Å². The van der Waals surface area contributed by atoms with Crippen molar-refractivity contribution in [3.63, 3.8) is 0 Å². The minimum Gasteiger partial charge on any atom is -0.396 e. The van der Waals surface area contributed by atoms with Crippen LogP contribution in [0.4, 0.5) is 11.5 Å². The highest BCUT2D eigenvalue weighted by atomic mass is 79.9. The molecule has 2 unspecified atom stereocenters. The lowest BCUT2D eigenvalue weighted by Crippen LogP contribution is -2.23. The number of nitrogen functional groups attached to an aromatic ring is 1. The molecule has 0 aromatic carbocycles. The SMILES string of the molecule is CCC1OCCC1CNc1ncc(Br)cc1N. The standard InChI is InChI=1S/C12H18BrN3O/c1-2-11-8(3-4-17-11)6-15-12-10(14)5-9(13)7-16-12/h5,7-8,11H,2-4,6,14H2,1H3,(H,15,16). The van der Waals surface area contributed by atoms with Crippen molar-refractivity contribution in [2.45, 2.75) is 25.9 Å². The molecule has 0 radical (unpaired) electrons. The summed E-state index contributed by atoms with van der Waals surface area (Å²) < 4.78 is 6.55. The number of nitrogens with two attached hydrogens (primary N) is 1. The minimum atomic E-state index is 0.374. The van der Waals surface area contributed by atoms with Crippen molar-refractivity contribution in [1.82, 2.24) is 4.98 Å². The van der Waals surface area contributed by atoms with Gasteiger partial charge in [-0.05, 0) is 34.8 Å². The van der Waals surface area contributed by atoms with Gasteiger partial charge in [-0.1, -0.05) is 6.92 Å². The summed E-state index contributed by atoms with van der Waals surface area (Å²) in [4.78, 5) is 4.27. The van der Waals surface area contributed by atoms with Gasteiger partial charge in [-0.3, -0.25) is 0 Å². The second-order valence-electron chi connectivity index (χ2n) is 4.34. The molecule has 2 atom stereocenters. The second kappa shape index (κ2) is 5.69. The zero-order valence-electron chi connectivity index (χ0n) is 9.95. The van der Waals surface area contributed by atoms with Crippen LogP contribution >= 0.6 is 15.9 Å². The monoisotopic (exact) mass is 299 g/mol. The Kier molecular flexibility index (Phi) is 4.23. The molecule has 1 aliphatic heterocycles. The van der Waals surface area contributed by atoms with E-state index in [4.69, 9.17) is 10.5 Å². The molecule has 1 aromatic heterocycles. The number of ether oxygens (including phenoxy) is 1. The summed E-state index contributed by atoms with van der Waals surface area (Å²) in [6.45, 7) is 3.90. The number of hydrogen-bond donors (Lipinski definition) is 2. The molecule has 0 amide bonds. The van der Waals surface area contributed by atoms with Crippen LogP contribution < -0.4 is 11.1 Å². The first-order valence-electron chi connectivity index (χ1n) is 5.97. The first-order chi connectivity index (χ1) is 8.20. The third kappa shape index (κ3) is 3.10. The molecule has 0 aliphatic carbocycles. The molecule has 3 N–H and O–H groups in total. The van der Waals surface area contributed by atoms with E-state index in [2.05, 4.69) is 33.2 Å². The van der Waals surface area contributed by atoms with Crippen LogP contribution in [-0.4, -0.2) is 24.2 Å². The second-order valence-corrected chi connectivity index (χ2v) is 5.25. The number of hydrogen-bond acceptors (Lipinski definition) is 4. The van der Waals surface area contributed by atoms with Crippen molar-refractivity contribution < 1.29 is 4.74 Å². The van der Waals surface area contributed by atoms with Gasteiger partial charge in [-0.2, -0.15) is 0 Å². The van der Waals surface area contributed by atoms with Crippen molar-refractivity contribution in [3.8, 4) is 0 Å². The van der Waals surface area contributed by atoms with E-state index >= 15 is 0 Å². The molecule has 0 saturated carbocycles. The Morgan fingerprint density at radius 1 is 1.65 bits per heavy atom. The molecule has 1 aromatic rings. The van der Waals surface area contributed by atoms with Crippen molar-refractivity contribution in [1.29, 1.82) is 0 Å². The average Bonchev–Trinajstić information content (AvgIpc) is 2.75. The summed E-state index contributed by atoms with van der Waals surface area (Å²) in [5.41, 5.74) is 6.56. The fraction of sp³-hybridized carbons (Fsp3) is 0.583. The van der Waals surface area contributed by atoms with Gasteiger partial charge in [0.1, 0.15) is 5.82 Å². The molecular weight excluding hydrogens is 282 g/mol. The van der Waals surface area contributed by atoms with Crippen molar-refractivity contribution in [2.24, 2.45) is 5.92 Å². The molecule has 2 rings (SSSR count). The summed E-state index contributed by atoms with van der Waals surface area (Å²) >= 11 is 3.34. The Labute approximate surface area is 110 Å². The summed E-state index contributed by atoms with van der Waals surface area (Å²) in [6.07, 6.45) is 4.30. The molecule has 0 spiro atoms. The first-order valence-corrected chi connectivity index (χ1v) is 6.76. The van der Waals surface area contributed by atoms with E-state index in [1.807, 2.05) is 6.07 Å². The van der Waals surface area contributed by atoms with Crippen LogP contribution in [0.3, 0.4) is 0 Å². The van der Waals surface area contributed by atoms with Crippen LogP contribution in [-0.2, 0) is 4.74 Å². The first kappa shape index (κ1) is 12.6. The van der Waals surface area contributed by atoms with E-state index in [9.17, 15) is 0 Å². The third-order valence-electron chi connectivity index (χ3n) is 3.16. The Bertz CT molecular complexity index is 386. The largest absolute Gasteiger partial charge is 0.396 e. The molecule has 1 aliphatic rings. The van der Waals surface area contributed by atoms with E-state index in [0.29, 0.717) is 17.7 Å². The van der Waals surface area contributed by atoms with Crippen molar-refractivity contribution >= 4 is 27.4 Å². The maximum Gasteiger partial charge on any atom is 0.149 e. The van der Waals surface area contributed by atoms with E-state index < -0.39 is 0 Å². The lowest BCUT2D eigenvalue weighted by atomic mass is 10.00. The Balaban J connectivity index is 1.93. The van der Waals surface area contributed by atoms with Gasteiger partial charge in [-0.25, -0.2) is 4.98 Å². The highest BCUT2D eigenvalue weighted by Crippen LogP contribution is 2.25. The number of anilines is 2. The number of pyridine rings is 1. The van der Waals surface area contributed by atoms with Crippen molar-refractivity contribution in [2.75, 3.05) is 24.2 Å². The summed E-state index contributed by atoms with van der Waals surface area (Å²) in [6, 6.07) is 1.86. The fourth-order valence-corrected chi connectivity index (χ4v) is 2.56. The zero-order chi connectivity index (χ0) is 12.3. The average molecular weight is 300 g/mol. The normalized spacial score (nSPS) is 23.9. The van der Waals surface area contributed by atoms with Gasteiger partial charge in [0.15, 0.2) is 0 Å². The number of nitrogens with one attached hydrogen (secondary N) is 1. The molecule has 4 nitrogen and oxygen atoms in total.